The highest BCUT2D eigenvalue weighted by atomic mass is 32.2. The van der Waals surface area contributed by atoms with Crippen LogP contribution in [-0.2, 0) is 16.6 Å². The lowest BCUT2D eigenvalue weighted by Crippen LogP contribution is -2.27. The van der Waals surface area contributed by atoms with Gasteiger partial charge in [-0.1, -0.05) is 30.3 Å². The first-order valence-electron chi connectivity index (χ1n) is 6.75. The molecule has 0 aliphatic rings. The number of hydrogen-bond donors (Lipinski definition) is 2. The smallest absolute Gasteiger partial charge is 0.242 e. The number of benzene rings is 1. The van der Waals surface area contributed by atoms with E-state index in [1.165, 1.54) is 11.3 Å². The van der Waals surface area contributed by atoms with Gasteiger partial charge in [0.2, 0.25) is 10.0 Å². The highest BCUT2D eigenvalue weighted by Crippen LogP contribution is 2.27. The molecule has 1 aromatic carbocycles. The number of hydrogen-bond acceptors (Lipinski definition) is 4. The Morgan fingerprint density at radius 1 is 1.24 bits per heavy atom. The Morgan fingerprint density at radius 3 is 2.52 bits per heavy atom. The molecule has 2 rings (SSSR count). The van der Waals surface area contributed by atoms with Gasteiger partial charge >= 0.3 is 0 Å². The molecule has 0 radical (unpaired) electrons. The van der Waals surface area contributed by atoms with Gasteiger partial charge in [0.25, 0.3) is 0 Å². The summed E-state index contributed by atoms with van der Waals surface area (Å²) < 4.78 is 27.8. The van der Waals surface area contributed by atoms with E-state index >= 15 is 0 Å². The fraction of sp³-hybridized carbons (Fsp3) is 0.333. The Balaban J connectivity index is 2.22. The van der Waals surface area contributed by atoms with E-state index in [1.54, 1.807) is 6.07 Å². The Hall–Kier alpha value is -1.21. The Morgan fingerprint density at radius 2 is 1.90 bits per heavy atom. The largest absolute Gasteiger partial charge is 0.315 e. The molecule has 0 spiro atoms. The second-order valence-electron chi connectivity index (χ2n) is 4.92. The zero-order valence-electron chi connectivity index (χ0n) is 12.4. The van der Waals surface area contributed by atoms with E-state index in [4.69, 9.17) is 0 Å². The molecule has 114 valence electrons. The van der Waals surface area contributed by atoms with E-state index in [9.17, 15) is 8.42 Å². The predicted octanol–water partition coefficient (Wildman–Crippen LogP) is 2.82. The predicted molar refractivity (Wildman–Crippen MR) is 87.0 cm³/mol. The van der Waals surface area contributed by atoms with Crippen LogP contribution < -0.4 is 10.0 Å². The van der Waals surface area contributed by atoms with Crippen LogP contribution in [0.25, 0.3) is 0 Å². The number of nitrogens with one attached hydrogen (secondary N) is 2. The molecule has 0 bridgehead atoms. The van der Waals surface area contributed by atoms with Crippen LogP contribution in [-0.4, -0.2) is 15.5 Å². The summed E-state index contributed by atoms with van der Waals surface area (Å²) in [4.78, 5) is 2.20. The molecule has 0 aliphatic heterocycles. The molecule has 6 heteroatoms. The Bertz CT molecular complexity index is 694. The molecular formula is C15H20N2O2S2. The molecule has 21 heavy (non-hydrogen) atoms. The first-order valence-corrected chi connectivity index (χ1v) is 9.05. The molecule has 1 aromatic heterocycles. The van der Waals surface area contributed by atoms with Crippen molar-refractivity contribution in [2.75, 3.05) is 7.05 Å². The number of sulfonamides is 1. The third-order valence-electron chi connectivity index (χ3n) is 3.20. The third-order valence-corrected chi connectivity index (χ3v) is 6.04. The first-order chi connectivity index (χ1) is 9.94. The van der Waals surface area contributed by atoms with Crippen molar-refractivity contribution < 1.29 is 8.42 Å². The normalized spacial score (nSPS) is 13.3. The van der Waals surface area contributed by atoms with Crippen molar-refractivity contribution in [1.29, 1.82) is 0 Å². The van der Waals surface area contributed by atoms with E-state index in [1.807, 2.05) is 51.2 Å². The zero-order valence-corrected chi connectivity index (χ0v) is 14.0. The maximum Gasteiger partial charge on any atom is 0.242 e. The van der Waals surface area contributed by atoms with Gasteiger partial charge in [-0.2, -0.15) is 0 Å². The molecule has 0 amide bonds. The van der Waals surface area contributed by atoms with Gasteiger partial charge < -0.3 is 5.32 Å². The van der Waals surface area contributed by atoms with Gasteiger partial charge in [-0.3, -0.25) is 0 Å². The monoisotopic (exact) mass is 324 g/mol. The van der Waals surface area contributed by atoms with Crippen LogP contribution in [0, 0.1) is 6.92 Å². The number of thiophene rings is 1. The molecule has 0 aliphatic carbocycles. The van der Waals surface area contributed by atoms with Gasteiger partial charge in [0.05, 0.1) is 4.90 Å². The molecule has 1 atom stereocenters. The van der Waals surface area contributed by atoms with Crippen molar-refractivity contribution >= 4 is 21.4 Å². The molecule has 1 unspecified atom stereocenters. The average molecular weight is 324 g/mol. The first kappa shape index (κ1) is 16.2. The lowest BCUT2D eigenvalue weighted by atomic mass is 10.1. The average Bonchev–Trinajstić information content (AvgIpc) is 2.81. The molecule has 1 heterocycles. The minimum absolute atomic E-state index is 0.261. The topological polar surface area (TPSA) is 58.2 Å². The van der Waals surface area contributed by atoms with Crippen LogP contribution in [0.3, 0.4) is 0 Å². The summed E-state index contributed by atoms with van der Waals surface area (Å²) >= 11 is 1.51. The third kappa shape index (κ3) is 3.91. The molecule has 4 nitrogen and oxygen atoms in total. The quantitative estimate of drug-likeness (QED) is 0.859. The van der Waals surface area contributed by atoms with Gasteiger partial charge in [-0.15, -0.1) is 11.3 Å². The van der Waals surface area contributed by atoms with Crippen LogP contribution >= 0.6 is 11.3 Å². The van der Waals surface area contributed by atoms with Crippen LogP contribution in [0.5, 0.6) is 0 Å². The number of rotatable bonds is 6. The van der Waals surface area contributed by atoms with Gasteiger partial charge in [-0.05, 0) is 32.5 Å². The molecular weight excluding hydrogens is 304 g/mol. The van der Waals surface area contributed by atoms with Crippen molar-refractivity contribution in [3.63, 3.8) is 0 Å². The highest BCUT2D eigenvalue weighted by Gasteiger charge is 2.22. The maximum absolute atomic E-state index is 12.5. The van der Waals surface area contributed by atoms with Crippen molar-refractivity contribution in [2.24, 2.45) is 0 Å². The van der Waals surface area contributed by atoms with Gasteiger partial charge in [0.1, 0.15) is 0 Å². The molecule has 2 aromatic rings. The molecule has 0 saturated heterocycles. The minimum atomic E-state index is -3.50. The van der Waals surface area contributed by atoms with Crippen molar-refractivity contribution in [1.82, 2.24) is 10.0 Å². The summed E-state index contributed by atoms with van der Waals surface area (Å²) in [6.45, 7) is 4.37. The summed E-state index contributed by atoms with van der Waals surface area (Å²) in [6, 6.07) is 11.0. The van der Waals surface area contributed by atoms with Gasteiger partial charge in [0.15, 0.2) is 0 Å². The zero-order chi connectivity index (χ0) is 15.5. The van der Waals surface area contributed by atoms with Crippen molar-refractivity contribution in [3.8, 4) is 0 Å². The van der Waals surface area contributed by atoms with E-state index in [0.717, 1.165) is 15.3 Å². The summed E-state index contributed by atoms with van der Waals surface area (Å²) in [6.07, 6.45) is 0. The van der Waals surface area contributed by atoms with Crippen LogP contribution in [0.4, 0.5) is 0 Å². The van der Waals surface area contributed by atoms with E-state index in [0.29, 0.717) is 11.4 Å². The summed E-state index contributed by atoms with van der Waals surface area (Å²) in [5, 5.41) is 3.04. The van der Waals surface area contributed by atoms with E-state index in [2.05, 4.69) is 10.0 Å². The van der Waals surface area contributed by atoms with E-state index < -0.39 is 10.0 Å². The Kier molecular flexibility index (Phi) is 5.16. The highest BCUT2D eigenvalue weighted by molar-refractivity contribution is 7.89. The van der Waals surface area contributed by atoms with Crippen LogP contribution in [0.15, 0.2) is 41.3 Å². The SMILES string of the molecule is CNCc1cc(S(=O)(=O)NC(C)c2ccccc2)c(C)s1. The second-order valence-corrected chi connectivity index (χ2v) is 7.94. The van der Waals surface area contributed by atoms with Gasteiger partial charge in [-0.25, -0.2) is 13.1 Å². The fourth-order valence-electron chi connectivity index (χ4n) is 2.16. The minimum Gasteiger partial charge on any atom is -0.315 e. The lowest BCUT2D eigenvalue weighted by molar-refractivity contribution is 0.566. The van der Waals surface area contributed by atoms with E-state index in [-0.39, 0.29) is 6.04 Å². The molecule has 0 fully saturated rings. The fourth-order valence-corrected chi connectivity index (χ4v) is 5.04. The van der Waals surface area contributed by atoms with Crippen LogP contribution in [0.1, 0.15) is 28.3 Å². The van der Waals surface area contributed by atoms with Crippen molar-refractivity contribution in [3.05, 3.63) is 51.7 Å². The second kappa shape index (κ2) is 6.70. The maximum atomic E-state index is 12.5. The summed E-state index contributed by atoms with van der Waals surface area (Å²) in [7, 11) is -1.66. The molecule has 0 saturated carbocycles. The van der Waals surface area contributed by atoms with Crippen LogP contribution in [0.2, 0.25) is 0 Å². The lowest BCUT2D eigenvalue weighted by Gasteiger charge is -2.14. The van der Waals surface area contributed by atoms with Crippen molar-refractivity contribution in [2.45, 2.75) is 31.3 Å². The molecule has 2 N–H and O–H groups in total. The summed E-state index contributed by atoms with van der Waals surface area (Å²) in [5.41, 5.74) is 0.949. The standard InChI is InChI=1S/C15H20N2O2S2/c1-11(13-7-5-4-6-8-13)17-21(18,19)15-9-14(10-16-3)20-12(15)2/h4-9,11,16-17H,10H2,1-3H3. The van der Waals surface area contributed by atoms with Gasteiger partial charge in [0, 0.05) is 22.3 Å². The number of aryl methyl sites for hydroxylation is 1. The summed E-state index contributed by atoms with van der Waals surface area (Å²) in [5.74, 6) is 0. The Labute approximate surface area is 130 Å².